The van der Waals surface area contributed by atoms with Crippen molar-refractivity contribution < 1.29 is 96.5 Å². The molecule has 0 bridgehead atoms. The average molecular weight is 1790 g/mol. The van der Waals surface area contributed by atoms with E-state index in [1.165, 1.54) is 112 Å². The van der Waals surface area contributed by atoms with Gasteiger partial charge in [0.25, 0.3) is 5.69 Å². The number of likely N-dealkylation sites (N-methyl/N-ethyl adjacent to an activating group) is 4. The Labute approximate surface area is 731 Å². The molecule has 1 fully saturated rings. The maximum absolute atomic E-state index is 12.8. The first-order valence-electron chi connectivity index (χ1n) is 37.3. The molecule has 9 aromatic rings. The Morgan fingerprint density at radius 1 is 0.464 bits per heavy atom. The van der Waals surface area contributed by atoms with E-state index in [9.17, 15) is 30.2 Å². The molecule has 15 nitrogen and oxygen atoms in total. The number of halogens is 7. The topological polar surface area (TPSA) is 203 Å². The number of carbonyl (C=O) groups is 1. The monoisotopic (exact) mass is 1780 g/mol. The van der Waals surface area contributed by atoms with Crippen LogP contribution in [0.4, 0.5) is 5.69 Å². The number of fused-ring (bicyclic) bond motifs is 20. The van der Waals surface area contributed by atoms with E-state index in [1.807, 2.05) is 48.5 Å². The number of aryl methyl sites for hydroxylation is 3. The number of aromatic hydroxyl groups is 3. The number of nitrogens with zero attached hydrogens (tertiary/aromatic N) is 5. The number of benzene rings is 9. The van der Waals surface area contributed by atoms with Gasteiger partial charge in [0.15, 0.2) is 6.29 Å². The summed E-state index contributed by atoms with van der Waals surface area (Å²) in [7, 11) is 8.82. The van der Waals surface area contributed by atoms with E-state index in [-0.39, 0.29) is 91.3 Å². The van der Waals surface area contributed by atoms with Gasteiger partial charge in [-0.15, -0.1) is 0 Å². The van der Waals surface area contributed by atoms with Gasteiger partial charge in [0.2, 0.25) is 0 Å². The van der Waals surface area contributed by atoms with Gasteiger partial charge in [-0.05, 0) is 292 Å². The third-order valence-corrected chi connectivity index (χ3v) is 26.8. The molecule has 0 amide bonds. The predicted octanol–water partition coefficient (Wildman–Crippen LogP) is 16.6. The largest absolute Gasteiger partial charge is 1.00 e. The molecule has 5 heterocycles. The maximum atomic E-state index is 12.8. The minimum Gasteiger partial charge on any atom is -0.870 e. The Hall–Kier alpha value is -4.79. The number of phenolic OH excluding ortho intramolecular Hbond substituents is 3. The molecule has 9 aromatic carbocycles. The van der Waals surface area contributed by atoms with Crippen molar-refractivity contribution in [3.05, 3.63) is 290 Å². The second-order valence-electron chi connectivity index (χ2n) is 30.1. The van der Waals surface area contributed by atoms with Crippen LogP contribution >= 0.6 is 94.2 Å². The molecule has 5 N–H and O–H groups in total. The first-order chi connectivity index (χ1) is 52.0. The summed E-state index contributed by atoms with van der Waals surface area (Å²) in [4.78, 5) is 33.0. The molecule has 18 rings (SSSR count). The third kappa shape index (κ3) is 18.2. The molecule has 0 radical (unpaired) electrons. The smallest absolute Gasteiger partial charge is 0.870 e. The fourth-order valence-electron chi connectivity index (χ4n) is 18.3. The van der Waals surface area contributed by atoms with E-state index >= 15 is 0 Å². The molecule has 1 saturated heterocycles. The second kappa shape index (κ2) is 37.0. The number of non-ortho nitro benzene ring substituents is 1. The van der Waals surface area contributed by atoms with Crippen molar-refractivity contribution in [2.24, 2.45) is 0 Å². The van der Waals surface area contributed by atoms with Crippen LogP contribution in [0.2, 0.25) is 20.1 Å². The summed E-state index contributed by atoms with van der Waals surface area (Å²) in [5.41, 5.74) is 21.0. The van der Waals surface area contributed by atoms with Crippen LogP contribution in [0.1, 0.15) is 162 Å². The van der Waals surface area contributed by atoms with Crippen LogP contribution in [0.5, 0.6) is 23.0 Å². The zero-order chi connectivity index (χ0) is 75.9. The number of nitro groups is 1. The van der Waals surface area contributed by atoms with E-state index in [2.05, 4.69) is 174 Å². The molecule has 1 unspecified atom stereocenters. The number of hydrogen-bond donors (Lipinski definition) is 4. The fraction of sp³-hybridized carbons (Fsp3) is 0.368. The molecule has 0 saturated carbocycles. The molecule has 110 heavy (non-hydrogen) atoms. The minimum atomic E-state index is -0.599. The molecule has 5 aliphatic heterocycles. The molecule has 9 atom stereocenters. The number of aliphatic hydroxyl groups is 1. The van der Waals surface area contributed by atoms with Gasteiger partial charge in [-0.2, -0.15) is 0 Å². The van der Waals surface area contributed by atoms with Crippen molar-refractivity contribution in [2.45, 2.75) is 144 Å². The Balaban J connectivity index is 0.000000134. The Bertz CT molecular complexity index is 4810. The summed E-state index contributed by atoms with van der Waals surface area (Å²) < 4.78 is 13.8. The Morgan fingerprint density at radius 2 is 0.873 bits per heavy atom. The van der Waals surface area contributed by atoms with Crippen molar-refractivity contribution in [1.82, 2.24) is 19.6 Å². The Morgan fingerprint density at radius 3 is 1.36 bits per heavy atom. The zero-order valence-electron chi connectivity index (χ0n) is 62.2. The summed E-state index contributed by atoms with van der Waals surface area (Å²) >= 11 is 36.0. The van der Waals surface area contributed by atoms with Gasteiger partial charge in [0.1, 0.15) is 23.0 Å². The van der Waals surface area contributed by atoms with Crippen LogP contribution in [-0.2, 0) is 56.1 Å². The van der Waals surface area contributed by atoms with Crippen molar-refractivity contribution in [2.75, 3.05) is 61.0 Å². The van der Waals surface area contributed by atoms with Gasteiger partial charge in [-0.25, -0.2) is 4.79 Å². The van der Waals surface area contributed by atoms with Crippen LogP contribution in [0.15, 0.2) is 165 Å². The maximum Gasteiger partial charge on any atom is 1.00 e. The van der Waals surface area contributed by atoms with Gasteiger partial charge in [-0.1, -0.05) is 143 Å². The van der Waals surface area contributed by atoms with E-state index in [0.29, 0.717) is 67.8 Å². The van der Waals surface area contributed by atoms with Crippen LogP contribution in [0.3, 0.4) is 0 Å². The predicted molar refractivity (Wildman–Crippen MR) is 442 cm³/mol. The number of esters is 1. The van der Waals surface area contributed by atoms with E-state index in [1.54, 1.807) is 0 Å². The zero-order valence-corrected chi connectivity index (χ0v) is 73.1. The van der Waals surface area contributed by atoms with Crippen LogP contribution in [0.25, 0.3) is 0 Å². The number of carbonyl (C=O) groups excluding carboxylic acids is 1. The summed E-state index contributed by atoms with van der Waals surface area (Å²) in [6.07, 6.45) is 14.0. The summed E-state index contributed by atoms with van der Waals surface area (Å²) in [5.74, 6) is 1.35. The fourth-order valence-corrected chi connectivity index (χ4v) is 20.5. The number of aliphatic hydroxyl groups excluding tert-OH is 1. The van der Waals surface area contributed by atoms with Crippen molar-refractivity contribution in [3.8, 4) is 23.0 Å². The SMILES string of the molecule is CN1CCc2cc(Cl)c(O)cc2[C@H]2c3cc(Br)ccc3CC[C@@H]21.CN1CCc2cc(Cl)c(O)cc2[C@H]2c3ccc(Br)cc3CC[C@@H]21.CN1CCc2cc(Cl)c(O)cc2[C@H]2c3cccc(Br)c3CC[C@@H]21.CN1CCc2cc(Cl)c(OC(=O)c3ccc([N+](=O)[O-])cc3)cc2[C@H]2c3ccccc3CC[C@@H]21.OC1CCCO1.[K+].[OH-]. The number of hydrogen-bond acceptors (Lipinski definition) is 14. The minimum absolute atomic E-state index is 0. The van der Waals surface area contributed by atoms with Crippen molar-refractivity contribution >= 4 is 106 Å². The summed E-state index contributed by atoms with van der Waals surface area (Å²) in [6, 6.07) is 50.8. The molecule has 0 aromatic heterocycles. The molecule has 4 aliphatic carbocycles. The van der Waals surface area contributed by atoms with Crippen LogP contribution in [0, 0.1) is 10.1 Å². The third-order valence-electron chi connectivity index (χ3n) is 23.9. The molecular weight excluding hydrogens is 1700 g/mol. The quantitative estimate of drug-likeness (QED) is 0.0428. The number of rotatable bonds is 3. The molecule has 9 aliphatic rings. The number of phenols is 3. The average Bonchev–Trinajstić information content (AvgIpc) is 1.45. The summed E-state index contributed by atoms with van der Waals surface area (Å²) in [5, 5.41) is 51.6. The number of nitro benzene ring substituents is 1. The van der Waals surface area contributed by atoms with Crippen molar-refractivity contribution in [3.63, 3.8) is 0 Å². The standard InChI is InChI=1S/C26H23ClN2O4.3C19H19BrClNO.C4H8O2.K.H2O/c1-28-13-12-18-14-22(27)24(33-26(30)17-6-9-19(10-7-17)29(31)32)15-21(18)25-20-5-3-2-4-16(20)8-11-23(25)28;1-22-7-6-12-9-16(21)18(23)10-15(12)19-14-4-3-13(20)8-11(14)2-5-17(19)22;1-22-7-6-12-8-16(21)18(23)10-15(12)19-14-9-13(20)4-2-11(14)3-5-17(19)22;1-22-8-7-11-9-16(21)18(23)10-14(11)19-13-3-2-4-15(20)12(13)5-6-17(19)22;5-4-2-1-3-6-4;;/h2-7,9-10,14-15,23,25H,8,11-13H2,1H3;3-4,8-10,17,19,23H,2,5-7H2,1H3;2,4,8-10,17,19,23H,3,5-7H2,1H3;2-4,9-10,17,19,23H,5-8H2,1H3;4-5H,1-3H2;;1H2/q;;;;;+1;/p-1/t23-,25+;3*17-,19+;;;/m0000.../s1. The van der Waals surface area contributed by atoms with Gasteiger partial charge >= 0.3 is 57.4 Å². The first kappa shape index (κ1) is 84.6. The molecule has 572 valence electrons. The van der Waals surface area contributed by atoms with E-state index in [4.69, 9.17) is 61.0 Å². The van der Waals surface area contributed by atoms with Crippen molar-refractivity contribution in [1.29, 1.82) is 0 Å². The van der Waals surface area contributed by atoms with Gasteiger partial charge in [-0.3, -0.25) is 10.1 Å². The van der Waals surface area contributed by atoms with Gasteiger partial charge < -0.3 is 55.0 Å². The number of ether oxygens (including phenoxy) is 2. The molecule has 0 spiro atoms. The summed E-state index contributed by atoms with van der Waals surface area (Å²) in [6.45, 7) is 4.76. The van der Waals surface area contributed by atoms with E-state index < -0.39 is 17.2 Å². The second-order valence-corrected chi connectivity index (χ2v) is 34.4. The van der Waals surface area contributed by atoms with Crippen LogP contribution in [-0.4, -0.2) is 148 Å². The Kier molecular flexibility index (Phi) is 28.5. The molecule has 23 heteroatoms. The van der Waals surface area contributed by atoms with Crippen LogP contribution < -0.4 is 56.1 Å². The molecular formula is C87H89Br3Cl4KN5O10. The first-order valence-corrected chi connectivity index (χ1v) is 41.2. The normalized spacial score (nSPS) is 22.6. The van der Waals surface area contributed by atoms with Gasteiger partial charge in [0, 0.05) is 113 Å². The van der Waals surface area contributed by atoms with Gasteiger partial charge in [0.05, 0.1) is 30.6 Å². The van der Waals surface area contributed by atoms with E-state index in [0.717, 1.165) is 137 Å².